The standard InChI is InChI=1S/C19H17F2N3O3S2/c1-11-16(12-4-6-13(7-5-12)27-18(20)21)24-19(29-11)23-15(25)8-9-22-17(26)14-3-2-10-28-14/h2-7,10,18H,8-9H2,1H3,(H,22,26)(H,23,24,25). The SMILES string of the molecule is Cc1sc(NC(=O)CCNC(=O)c2cccs2)nc1-c1ccc(OC(F)F)cc1. The quantitative estimate of drug-likeness (QED) is 0.542. The fraction of sp³-hybridized carbons (Fsp3) is 0.211. The summed E-state index contributed by atoms with van der Waals surface area (Å²) in [5.74, 6) is -0.410. The van der Waals surface area contributed by atoms with Gasteiger partial charge in [0.15, 0.2) is 5.13 Å². The van der Waals surface area contributed by atoms with Crippen molar-refractivity contribution in [1.82, 2.24) is 10.3 Å². The van der Waals surface area contributed by atoms with Crippen LogP contribution in [0.5, 0.6) is 5.75 Å². The molecule has 0 spiro atoms. The van der Waals surface area contributed by atoms with Crippen LogP contribution in [0.1, 0.15) is 21.0 Å². The van der Waals surface area contributed by atoms with Gasteiger partial charge in [0, 0.05) is 23.4 Å². The van der Waals surface area contributed by atoms with Crippen LogP contribution in [0.15, 0.2) is 41.8 Å². The number of nitrogens with zero attached hydrogens (tertiary/aromatic N) is 1. The van der Waals surface area contributed by atoms with Crippen molar-refractivity contribution < 1.29 is 23.1 Å². The van der Waals surface area contributed by atoms with Gasteiger partial charge in [0.2, 0.25) is 5.91 Å². The van der Waals surface area contributed by atoms with Gasteiger partial charge in [-0.2, -0.15) is 8.78 Å². The third kappa shape index (κ3) is 5.81. The molecule has 2 amide bonds. The van der Waals surface area contributed by atoms with E-state index in [1.807, 2.05) is 12.3 Å². The number of aryl methyl sites for hydroxylation is 1. The number of nitrogens with one attached hydrogen (secondary N) is 2. The molecule has 0 saturated heterocycles. The van der Waals surface area contributed by atoms with Crippen LogP contribution in [-0.2, 0) is 4.79 Å². The Labute approximate surface area is 173 Å². The summed E-state index contributed by atoms with van der Waals surface area (Å²) < 4.78 is 28.8. The highest BCUT2D eigenvalue weighted by Crippen LogP contribution is 2.31. The van der Waals surface area contributed by atoms with Crippen molar-refractivity contribution in [1.29, 1.82) is 0 Å². The van der Waals surface area contributed by atoms with Gasteiger partial charge in [0.05, 0.1) is 10.6 Å². The molecule has 2 aromatic heterocycles. The van der Waals surface area contributed by atoms with Crippen molar-refractivity contribution in [2.45, 2.75) is 20.0 Å². The number of amides is 2. The smallest absolute Gasteiger partial charge is 0.387 e. The molecule has 3 aromatic rings. The molecule has 3 rings (SSSR count). The number of hydrogen-bond donors (Lipinski definition) is 2. The van der Waals surface area contributed by atoms with Gasteiger partial charge in [0.25, 0.3) is 5.91 Å². The Balaban J connectivity index is 1.54. The number of thiophene rings is 1. The Kier molecular flexibility index (Phi) is 6.89. The van der Waals surface area contributed by atoms with Gasteiger partial charge in [0.1, 0.15) is 5.75 Å². The Morgan fingerprint density at radius 2 is 1.97 bits per heavy atom. The summed E-state index contributed by atoms with van der Waals surface area (Å²) >= 11 is 2.64. The van der Waals surface area contributed by atoms with E-state index in [4.69, 9.17) is 0 Å². The molecule has 0 bridgehead atoms. The molecule has 0 radical (unpaired) electrons. The van der Waals surface area contributed by atoms with Crippen molar-refractivity contribution in [3.05, 3.63) is 51.5 Å². The monoisotopic (exact) mass is 437 g/mol. The maximum atomic E-state index is 12.2. The first kappa shape index (κ1) is 20.9. The lowest BCUT2D eigenvalue weighted by Crippen LogP contribution is -2.27. The molecule has 29 heavy (non-hydrogen) atoms. The third-order valence-corrected chi connectivity index (χ3v) is 5.53. The second kappa shape index (κ2) is 9.57. The maximum Gasteiger partial charge on any atom is 0.387 e. The second-order valence-electron chi connectivity index (χ2n) is 5.86. The zero-order chi connectivity index (χ0) is 20.8. The summed E-state index contributed by atoms with van der Waals surface area (Å²) in [6, 6.07) is 9.64. The maximum absolute atomic E-state index is 12.2. The van der Waals surface area contributed by atoms with E-state index < -0.39 is 6.61 Å². The van der Waals surface area contributed by atoms with Crippen LogP contribution < -0.4 is 15.4 Å². The molecule has 2 N–H and O–H groups in total. The van der Waals surface area contributed by atoms with Gasteiger partial charge >= 0.3 is 6.61 Å². The van der Waals surface area contributed by atoms with Gasteiger partial charge in [-0.1, -0.05) is 6.07 Å². The van der Waals surface area contributed by atoms with Gasteiger partial charge in [-0.05, 0) is 42.6 Å². The number of benzene rings is 1. The fourth-order valence-corrected chi connectivity index (χ4v) is 3.97. The summed E-state index contributed by atoms with van der Waals surface area (Å²) in [6.07, 6.45) is 0.116. The lowest BCUT2D eigenvalue weighted by molar-refractivity contribution is -0.116. The summed E-state index contributed by atoms with van der Waals surface area (Å²) in [4.78, 5) is 29.8. The Morgan fingerprint density at radius 3 is 2.62 bits per heavy atom. The zero-order valence-corrected chi connectivity index (χ0v) is 16.9. The molecule has 0 unspecified atom stereocenters. The van der Waals surface area contributed by atoms with E-state index in [1.165, 1.54) is 34.8 Å². The van der Waals surface area contributed by atoms with Crippen molar-refractivity contribution in [3.63, 3.8) is 0 Å². The van der Waals surface area contributed by atoms with Crippen molar-refractivity contribution in [3.8, 4) is 17.0 Å². The molecular formula is C19H17F2N3O3S2. The van der Waals surface area contributed by atoms with Gasteiger partial charge in [-0.3, -0.25) is 9.59 Å². The summed E-state index contributed by atoms with van der Waals surface area (Å²) in [7, 11) is 0. The van der Waals surface area contributed by atoms with Crippen molar-refractivity contribution in [2.24, 2.45) is 0 Å². The minimum Gasteiger partial charge on any atom is -0.435 e. The molecule has 2 heterocycles. The Hall–Kier alpha value is -2.85. The van der Waals surface area contributed by atoms with E-state index in [0.717, 1.165) is 10.4 Å². The molecule has 10 heteroatoms. The van der Waals surface area contributed by atoms with Crippen molar-refractivity contribution >= 4 is 39.6 Å². The number of carbonyl (C=O) groups excluding carboxylic acids is 2. The van der Waals surface area contributed by atoms with Crippen LogP contribution in [0.4, 0.5) is 13.9 Å². The number of ether oxygens (including phenoxy) is 1. The van der Waals surface area contributed by atoms with Gasteiger partial charge < -0.3 is 15.4 Å². The highest BCUT2D eigenvalue weighted by molar-refractivity contribution is 7.16. The minimum atomic E-state index is -2.88. The molecule has 0 saturated carbocycles. The molecule has 0 aliphatic rings. The lowest BCUT2D eigenvalue weighted by atomic mass is 10.1. The first-order chi connectivity index (χ1) is 13.9. The van der Waals surface area contributed by atoms with Crippen LogP contribution in [0.2, 0.25) is 0 Å². The Bertz CT molecular complexity index is 973. The first-order valence-electron chi connectivity index (χ1n) is 8.56. The summed E-state index contributed by atoms with van der Waals surface area (Å²) in [6.45, 7) is -0.808. The van der Waals surface area contributed by atoms with Crippen LogP contribution in [-0.4, -0.2) is 30.0 Å². The van der Waals surface area contributed by atoms with Crippen LogP contribution in [0.25, 0.3) is 11.3 Å². The van der Waals surface area contributed by atoms with E-state index in [-0.39, 0.29) is 30.5 Å². The predicted octanol–water partition coefficient (Wildman–Crippen LogP) is 4.54. The molecule has 6 nitrogen and oxygen atoms in total. The Morgan fingerprint density at radius 1 is 1.21 bits per heavy atom. The van der Waals surface area contributed by atoms with Gasteiger partial charge in [-0.25, -0.2) is 4.98 Å². The molecule has 0 aliphatic carbocycles. The van der Waals surface area contributed by atoms with Crippen LogP contribution in [0, 0.1) is 6.92 Å². The number of carbonyl (C=O) groups is 2. The second-order valence-corrected chi connectivity index (χ2v) is 8.01. The number of thiazole rings is 1. The summed E-state index contributed by atoms with van der Waals surface area (Å²) in [5, 5.41) is 7.65. The van der Waals surface area contributed by atoms with E-state index >= 15 is 0 Å². The molecule has 0 fully saturated rings. The van der Waals surface area contributed by atoms with E-state index in [9.17, 15) is 18.4 Å². The summed E-state index contributed by atoms with van der Waals surface area (Å²) in [5.41, 5.74) is 1.38. The van der Waals surface area contributed by atoms with Gasteiger partial charge in [-0.15, -0.1) is 22.7 Å². The minimum absolute atomic E-state index is 0.0646. The highest BCUT2D eigenvalue weighted by Gasteiger charge is 2.13. The predicted molar refractivity (Wildman–Crippen MR) is 109 cm³/mol. The highest BCUT2D eigenvalue weighted by atomic mass is 32.1. The first-order valence-corrected chi connectivity index (χ1v) is 10.3. The average molecular weight is 437 g/mol. The average Bonchev–Trinajstić information content (AvgIpc) is 3.32. The van der Waals surface area contributed by atoms with E-state index in [0.29, 0.717) is 15.7 Å². The van der Waals surface area contributed by atoms with E-state index in [2.05, 4.69) is 20.4 Å². The van der Waals surface area contributed by atoms with E-state index in [1.54, 1.807) is 24.3 Å². The zero-order valence-electron chi connectivity index (χ0n) is 15.3. The van der Waals surface area contributed by atoms with Crippen LogP contribution in [0.3, 0.4) is 0 Å². The van der Waals surface area contributed by atoms with Crippen molar-refractivity contribution in [2.75, 3.05) is 11.9 Å². The normalized spacial score (nSPS) is 10.8. The number of alkyl halides is 2. The number of halogens is 2. The number of hydrogen-bond acceptors (Lipinski definition) is 6. The largest absolute Gasteiger partial charge is 0.435 e. The lowest BCUT2D eigenvalue weighted by Gasteiger charge is -2.05. The number of aromatic nitrogens is 1. The third-order valence-electron chi connectivity index (χ3n) is 3.78. The number of anilines is 1. The topological polar surface area (TPSA) is 80.3 Å². The number of rotatable bonds is 8. The fourth-order valence-electron chi connectivity index (χ4n) is 2.48. The molecule has 152 valence electrons. The molecular weight excluding hydrogens is 420 g/mol. The molecule has 1 aromatic carbocycles. The molecule has 0 aliphatic heterocycles. The van der Waals surface area contributed by atoms with Crippen LogP contribution >= 0.6 is 22.7 Å². The molecule has 0 atom stereocenters.